The fourth-order valence-corrected chi connectivity index (χ4v) is 2.93. The van der Waals surface area contributed by atoms with Crippen LogP contribution in [0.5, 0.6) is 0 Å². The highest BCUT2D eigenvalue weighted by molar-refractivity contribution is 7.90. The van der Waals surface area contributed by atoms with E-state index in [4.69, 9.17) is 0 Å². The summed E-state index contributed by atoms with van der Waals surface area (Å²) in [5.41, 5.74) is 2.69. The minimum atomic E-state index is -3.48. The minimum Gasteiger partial charge on any atom is -0.317 e. The predicted molar refractivity (Wildman–Crippen MR) is 84.2 cm³/mol. The van der Waals surface area contributed by atoms with Crippen LogP contribution in [0, 0.1) is 13.8 Å². The predicted octanol–water partition coefficient (Wildman–Crippen LogP) is 1.89. The molecule has 5 nitrogen and oxygen atoms in total. The second kappa shape index (κ2) is 7.61. The first kappa shape index (κ1) is 16.9. The smallest absolute Gasteiger partial charge is 0.301 e. The maximum Gasteiger partial charge on any atom is 0.301 e. The van der Waals surface area contributed by atoms with E-state index in [0.717, 1.165) is 30.6 Å². The second-order valence-corrected chi connectivity index (χ2v) is 6.79. The van der Waals surface area contributed by atoms with Crippen LogP contribution >= 0.6 is 0 Å². The lowest BCUT2D eigenvalue weighted by atomic mass is 10.1. The van der Waals surface area contributed by atoms with Crippen molar-refractivity contribution in [1.29, 1.82) is 0 Å². The number of aryl methyl sites for hydroxylation is 2. The van der Waals surface area contributed by atoms with E-state index >= 15 is 0 Å². The van der Waals surface area contributed by atoms with E-state index in [1.807, 2.05) is 39.0 Å². The van der Waals surface area contributed by atoms with Gasteiger partial charge in [-0.3, -0.25) is 4.72 Å². The first-order valence-corrected chi connectivity index (χ1v) is 8.32. The SMILES string of the molecule is CCNCCCN(C)S(=O)(=O)Nc1cc(C)cc(C)c1. The van der Waals surface area contributed by atoms with E-state index in [1.54, 1.807) is 7.05 Å². The molecule has 0 radical (unpaired) electrons. The molecule has 0 saturated carbocycles. The maximum atomic E-state index is 12.2. The van der Waals surface area contributed by atoms with E-state index in [0.29, 0.717) is 12.2 Å². The summed E-state index contributed by atoms with van der Waals surface area (Å²) in [4.78, 5) is 0. The van der Waals surface area contributed by atoms with Gasteiger partial charge in [-0.15, -0.1) is 0 Å². The lowest BCUT2D eigenvalue weighted by Gasteiger charge is -2.18. The zero-order valence-electron chi connectivity index (χ0n) is 12.7. The molecular formula is C14H25N3O2S. The maximum absolute atomic E-state index is 12.2. The molecule has 1 aromatic rings. The van der Waals surface area contributed by atoms with Gasteiger partial charge in [0.1, 0.15) is 0 Å². The van der Waals surface area contributed by atoms with Gasteiger partial charge in [0.05, 0.1) is 5.69 Å². The summed E-state index contributed by atoms with van der Waals surface area (Å²) in [5, 5.41) is 3.18. The molecule has 0 unspecified atom stereocenters. The Morgan fingerprint density at radius 2 is 1.75 bits per heavy atom. The van der Waals surface area contributed by atoms with E-state index in [1.165, 1.54) is 4.31 Å². The molecular weight excluding hydrogens is 274 g/mol. The third-order valence-corrected chi connectivity index (χ3v) is 4.45. The van der Waals surface area contributed by atoms with Crippen LogP contribution in [-0.2, 0) is 10.2 Å². The van der Waals surface area contributed by atoms with Crippen molar-refractivity contribution in [3.05, 3.63) is 29.3 Å². The molecule has 0 aliphatic rings. The third-order valence-electron chi connectivity index (χ3n) is 2.96. The van der Waals surface area contributed by atoms with Gasteiger partial charge in [0.2, 0.25) is 0 Å². The molecule has 0 fully saturated rings. The molecule has 6 heteroatoms. The number of nitrogens with zero attached hydrogens (tertiary/aromatic N) is 1. The topological polar surface area (TPSA) is 61.4 Å². The number of rotatable bonds is 8. The van der Waals surface area contributed by atoms with Crippen LogP contribution < -0.4 is 10.0 Å². The molecule has 0 atom stereocenters. The van der Waals surface area contributed by atoms with Crippen LogP contribution in [0.1, 0.15) is 24.5 Å². The molecule has 20 heavy (non-hydrogen) atoms. The number of benzene rings is 1. The fraction of sp³-hybridized carbons (Fsp3) is 0.571. The molecule has 0 spiro atoms. The van der Waals surface area contributed by atoms with Crippen LogP contribution in [0.3, 0.4) is 0 Å². The molecule has 0 heterocycles. The third kappa shape index (κ3) is 5.48. The quantitative estimate of drug-likeness (QED) is 0.721. The van der Waals surface area contributed by atoms with Crippen LogP contribution in [0.4, 0.5) is 5.69 Å². The normalized spacial score (nSPS) is 11.8. The lowest BCUT2D eigenvalue weighted by molar-refractivity contribution is 0.459. The van der Waals surface area contributed by atoms with Gasteiger partial charge in [-0.1, -0.05) is 13.0 Å². The number of anilines is 1. The van der Waals surface area contributed by atoms with Crippen molar-refractivity contribution in [3.8, 4) is 0 Å². The van der Waals surface area contributed by atoms with Crippen molar-refractivity contribution >= 4 is 15.9 Å². The van der Waals surface area contributed by atoms with Crippen LogP contribution in [0.25, 0.3) is 0 Å². The average molecular weight is 299 g/mol. The summed E-state index contributed by atoms with van der Waals surface area (Å²) in [6, 6.07) is 5.67. The Morgan fingerprint density at radius 1 is 1.15 bits per heavy atom. The zero-order chi connectivity index (χ0) is 15.2. The van der Waals surface area contributed by atoms with Crippen LogP contribution in [-0.4, -0.2) is 39.4 Å². The molecule has 0 aliphatic heterocycles. The Hall–Kier alpha value is -1.11. The van der Waals surface area contributed by atoms with Gasteiger partial charge in [-0.05, 0) is 56.6 Å². The van der Waals surface area contributed by atoms with Crippen molar-refractivity contribution in [2.45, 2.75) is 27.2 Å². The molecule has 1 aromatic carbocycles. The van der Waals surface area contributed by atoms with Gasteiger partial charge < -0.3 is 5.32 Å². The fourth-order valence-electron chi connectivity index (χ4n) is 1.98. The monoisotopic (exact) mass is 299 g/mol. The van der Waals surface area contributed by atoms with Gasteiger partial charge >= 0.3 is 10.2 Å². The van der Waals surface area contributed by atoms with Crippen molar-refractivity contribution in [2.75, 3.05) is 31.4 Å². The Bertz CT molecular complexity index is 509. The van der Waals surface area contributed by atoms with Crippen LogP contribution in [0.15, 0.2) is 18.2 Å². The van der Waals surface area contributed by atoms with E-state index < -0.39 is 10.2 Å². The Morgan fingerprint density at radius 3 is 2.30 bits per heavy atom. The van der Waals surface area contributed by atoms with E-state index in [2.05, 4.69) is 10.0 Å². The summed E-state index contributed by atoms with van der Waals surface area (Å²) in [6.45, 7) is 8.14. The lowest BCUT2D eigenvalue weighted by Crippen LogP contribution is -2.34. The summed E-state index contributed by atoms with van der Waals surface area (Å²) >= 11 is 0. The highest BCUT2D eigenvalue weighted by Gasteiger charge is 2.17. The zero-order valence-corrected chi connectivity index (χ0v) is 13.5. The largest absolute Gasteiger partial charge is 0.317 e. The van der Waals surface area contributed by atoms with Gasteiger partial charge in [0.25, 0.3) is 0 Å². The number of hydrogen-bond acceptors (Lipinski definition) is 3. The number of nitrogens with one attached hydrogen (secondary N) is 2. The van der Waals surface area contributed by atoms with Crippen LogP contribution in [0.2, 0.25) is 0 Å². The average Bonchev–Trinajstić information content (AvgIpc) is 2.32. The highest BCUT2D eigenvalue weighted by atomic mass is 32.2. The molecule has 1 rings (SSSR count). The van der Waals surface area contributed by atoms with E-state index in [-0.39, 0.29) is 0 Å². The van der Waals surface area contributed by atoms with Crippen molar-refractivity contribution in [1.82, 2.24) is 9.62 Å². The summed E-state index contributed by atoms with van der Waals surface area (Å²) in [6.07, 6.45) is 0.790. The van der Waals surface area contributed by atoms with Gasteiger partial charge in [0, 0.05) is 13.6 Å². The number of hydrogen-bond donors (Lipinski definition) is 2. The van der Waals surface area contributed by atoms with Crippen molar-refractivity contribution in [3.63, 3.8) is 0 Å². The summed E-state index contributed by atoms with van der Waals surface area (Å²) < 4.78 is 28.3. The molecule has 0 amide bonds. The Balaban J connectivity index is 2.64. The Kier molecular flexibility index (Phi) is 6.45. The standard InChI is InChI=1S/C14H25N3O2S/c1-5-15-7-6-8-17(4)20(18,19)16-14-10-12(2)9-13(3)11-14/h9-11,15-16H,5-8H2,1-4H3. The summed E-state index contributed by atoms with van der Waals surface area (Å²) in [5.74, 6) is 0. The van der Waals surface area contributed by atoms with Crippen molar-refractivity contribution < 1.29 is 8.42 Å². The Labute approximate surface area is 122 Å². The molecule has 0 bridgehead atoms. The molecule has 0 aromatic heterocycles. The second-order valence-electron chi connectivity index (χ2n) is 5.01. The minimum absolute atomic E-state index is 0.493. The van der Waals surface area contributed by atoms with E-state index in [9.17, 15) is 8.42 Å². The van der Waals surface area contributed by atoms with Gasteiger partial charge in [-0.2, -0.15) is 12.7 Å². The molecule has 0 aliphatic carbocycles. The molecule has 114 valence electrons. The first-order chi connectivity index (χ1) is 9.35. The van der Waals surface area contributed by atoms with Gasteiger partial charge in [0.15, 0.2) is 0 Å². The summed E-state index contributed by atoms with van der Waals surface area (Å²) in [7, 11) is -1.88. The van der Waals surface area contributed by atoms with Crippen molar-refractivity contribution in [2.24, 2.45) is 0 Å². The molecule has 2 N–H and O–H groups in total. The molecule has 0 saturated heterocycles. The first-order valence-electron chi connectivity index (χ1n) is 6.88. The van der Waals surface area contributed by atoms with Gasteiger partial charge in [-0.25, -0.2) is 0 Å². The highest BCUT2D eigenvalue weighted by Crippen LogP contribution is 2.16.